The zero-order chi connectivity index (χ0) is 13.8. The lowest BCUT2D eigenvalue weighted by Gasteiger charge is -2.06. The molecule has 0 radical (unpaired) electrons. The molecule has 0 aliphatic carbocycles. The van der Waals surface area contributed by atoms with Gasteiger partial charge in [0.05, 0.1) is 17.2 Å². The van der Waals surface area contributed by atoms with Crippen molar-refractivity contribution < 1.29 is 4.79 Å². The van der Waals surface area contributed by atoms with Crippen molar-refractivity contribution in [2.24, 2.45) is 0 Å². The van der Waals surface area contributed by atoms with Gasteiger partial charge in [0, 0.05) is 22.8 Å². The van der Waals surface area contributed by atoms with Crippen LogP contribution in [0.4, 0.5) is 5.82 Å². The number of halogens is 2. The van der Waals surface area contributed by atoms with Crippen molar-refractivity contribution in [1.82, 2.24) is 14.8 Å². The van der Waals surface area contributed by atoms with Crippen molar-refractivity contribution >= 4 is 43.6 Å². The molecule has 0 atom stereocenters. The van der Waals surface area contributed by atoms with E-state index in [-0.39, 0.29) is 5.91 Å². The molecule has 2 aromatic heterocycles. The van der Waals surface area contributed by atoms with E-state index >= 15 is 0 Å². The summed E-state index contributed by atoms with van der Waals surface area (Å²) in [7, 11) is 0. The first-order valence-corrected chi connectivity index (χ1v) is 7.24. The van der Waals surface area contributed by atoms with Gasteiger partial charge in [-0.15, -0.1) is 0 Å². The zero-order valence-corrected chi connectivity index (χ0v) is 13.4. The summed E-state index contributed by atoms with van der Waals surface area (Å²) in [5.41, 5.74) is 1.01. The molecule has 5 nitrogen and oxygen atoms in total. The minimum Gasteiger partial charge on any atom is -0.311 e. The Morgan fingerprint density at radius 1 is 1.37 bits per heavy atom. The third-order valence-electron chi connectivity index (χ3n) is 2.59. The van der Waals surface area contributed by atoms with Crippen LogP contribution in [0.15, 0.2) is 33.5 Å². The fourth-order valence-electron chi connectivity index (χ4n) is 1.51. The predicted octanol–water partition coefficient (Wildman–Crippen LogP) is 3.14. The zero-order valence-electron chi connectivity index (χ0n) is 10.2. The molecule has 0 aliphatic rings. The van der Waals surface area contributed by atoms with E-state index in [0.717, 1.165) is 14.6 Å². The second-order valence-corrected chi connectivity index (χ2v) is 5.73. The van der Waals surface area contributed by atoms with Crippen LogP contribution in [0.1, 0.15) is 12.1 Å². The van der Waals surface area contributed by atoms with Gasteiger partial charge in [0.25, 0.3) is 0 Å². The molecule has 7 heteroatoms. The molecule has 2 rings (SSSR count). The van der Waals surface area contributed by atoms with Crippen LogP contribution in [0.5, 0.6) is 0 Å². The molecule has 2 heterocycles. The number of pyridine rings is 1. The van der Waals surface area contributed by atoms with Crippen LogP contribution in [0.25, 0.3) is 0 Å². The van der Waals surface area contributed by atoms with E-state index < -0.39 is 0 Å². The van der Waals surface area contributed by atoms with Crippen LogP contribution < -0.4 is 5.32 Å². The maximum Gasteiger partial charge on any atom is 0.227 e. The summed E-state index contributed by atoms with van der Waals surface area (Å²) in [5.74, 6) is 0.465. The summed E-state index contributed by atoms with van der Waals surface area (Å²) in [6.45, 7) is 2.49. The number of aryl methyl sites for hydroxylation is 1. The van der Waals surface area contributed by atoms with Crippen LogP contribution >= 0.6 is 31.9 Å². The molecule has 2 aromatic rings. The molecular weight excluding hydrogens is 376 g/mol. The van der Waals surface area contributed by atoms with Crippen molar-refractivity contribution in [3.63, 3.8) is 0 Å². The van der Waals surface area contributed by atoms with E-state index in [1.54, 1.807) is 23.1 Å². The van der Waals surface area contributed by atoms with Crippen molar-refractivity contribution in [1.29, 1.82) is 0 Å². The van der Waals surface area contributed by atoms with E-state index in [0.29, 0.717) is 18.8 Å². The van der Waals surface area contributed by atoms with Crippen LogP contribution in [0, 0.1) is 6.92 Å². The lowest BCUT2D eigenvalue weighted by atomic mass is 10.3. The second-order valence-electron chi connectivity index (χ2n) is 3.96. The maximum atomic E-state index is 11.8. The molecule has 0 fully saturated rings. The third-order valence-corrected chi connectivity index (χ3v) is 3.84. The first kappa shape index (κ1) is 14.2. The highest BCUT2D eigenvalue weighted by Crippen LogP contribution is 2.15. The van der Waals surface area contributed by atoms with Gasteiger partial charge in [-0.2, -0.15) is 5.10 Å². The summed E-state index contributed by atoms with van der Waals surface area (Å²) in [6, 6.07) is 3.58. The van der Waals surface area contributed by atoms with Gasteiger partial charge in [-0.3, -0.25) is 9.48 Å². The highest BCUT2D eigenvalue weighted by molar-refractivity contribution is 9.10. The predicted molar refractivity (Wildman–Crippen MR) is 79.8 cm³/mol. The van der Waals surface area contributed by atoms with Gasteiger partial charge in [0.2, 0.25) is 5.91 Å². The molecule has 1 N–H and O–H groups in total. The Bertz CT molecular complexity index is 580. The Morgan fingerprint density at radius 2 is 2.16 bits per heavy atom. The Balaban J connectivity index is 1.88. The molecule has 0 saturated heterocycles. The van der Waals surface area contributed by atoms with E-state index in [9.17, 15) is 4.79 Å². The monoisotopic (exact) mass is 386 g/mol. The molecular formula is C12H12Br2N4O. The molecule has 0 saturated carbocycles. The number of hydrogen-bond acceptors (Lipinski definition) is 3. The van der Waals surface area contributed by atoms with Gasteiger partial charge >= 0.3 is 0 Å². The number of carbonyl (C=O) groups excluding carboxylic acids is 1. The first-order valence-electron chi connectivity index (χ1n) is 5.65. The summed E-state index contributed by atoms with van der Waals surface area (Å²) in [5, 5.41) is 6.92. The Labute approximate surface area is 127 Å². The largest absolute Gasteiger partial charge is 0.311 e. The molecule has 0 aromatic carbocycles. The van der Waals surface area contributed by atoms with E-state index in [4.69, 9.17) is 0 Å². The molecule has 100 valence electrons. The summed E-state index contributed by atoms with van der Waals surface area (Å²) in [4.78, 5) is 15.9. The van der Waals surface area contributed by atoms with Crippen molar-refractivity contribution in [2.45, 2.75) is 19.9 Å². The molecule has 0 bridgehead atoms. The van der Waals surface area contributed by atoms with Gasteiger partial charge in [0.15, 0.2) is 0 Å². The van der Waals surface area contributed by atoms with Crippen molar-refractivity contribution in [3.05, 3.63) is 39.2 Å². The summed E-state index contributed by atoms with van der Waals surface area (Å²) in [6.07, 6.45) is 3.72. The van der Waals surface area contributed by atoms with Crippen LogP contribution in [-0.4, -0.2) is 20.7 Å². The topological polar surface area (TPSA) is 59.8 Å². The molecule has 0 aliphatic heterocycles. The smallest absolute Gasteiger partial charge is 0.227 e. The highest BCUT2D eigenvalue weighted by Gasteiger charge is 2.07. The molecule has 0 spiro atoms. The Hall–Kier alpha value is -1.21. The Kier molecular flexibility index (Phi) is 4.71. The number of amides is 1. The van der Waals surface area contributed by atoms with Gasteiger partial charge in [-0.1, -0.05) is 0 Å². The van der Waals surface area contributed by atoms with E-state index in [1.807, 2.05) is 13.0 Å². The third kappa shape index (κ3) is 3.87. The summed E-state index contributed by atoms with van der Waals surface area (Å²) < 4.78 is 3.61. The first-order chi connectivity index (χ1) is 9.06. The highest BCUT2D eigenvalue weighted by atomic mass is 79.9. The normalized spacial score (nSPS) is 10.5. The standard InChI is InChI=1S/C12H12Br2N4O/c1-8-10(14)7-16-18(8)5-4-12(19)17-11-3-2-9(13)6-15-11/h2-3,6-7H,4-5H2,1H3,(H,15,17,19). The fourth-order valence-corrected chi connectivity index (χ4v) is 2.04. The number of anilines is 1. The summed E-state index contributed by atoms with van der Waals surface area (Å²) >= 11 is 6.68. The number of nitrogens with one attached hydrogen (secondary N) is 1. The molecule has 1 amide bonds. The van der Waals surface area contributed by atoms with Gasteiger partial charge in [-0.25, -0.2) is 4.98 Å². The maximum absolute atomic E-state index is 11.8. The second kappa shape index (κ2) is 6.29. The SMILES string of the molecule is Cc1c(Br)cnn1CCC(=O)Nc1ccc(Br)cn1. The quantitative estimate of drug-likeness (QED) is 0.876. The number of rotatable bonds is 4. The van der Waals surface area contributed by atoms with Crippen molar-refractivity contribution in [3.8, 4) is 0 Å². The lowest BCUT2D eigenvalue weighted by Crippen LogP contribution is -2.16. The molecule has 0 unspecified atom stereocenters. The Morgan fingerprint density at radius 3 is 2.74 bits per heavy atom. The van der Waals surface area contributed by atoms with Gasteiger partial charge in [-0.05, 0) is 50.9 Å². The van der Waals surface area contributed by atoms with Crippen LogP contribution in [0.2, 0.25) is 0 Å². The lowest BCUT2D eigenvalue weighted by molar-refractivity contribution is -0.116. The fraction of sp³-hybridized carbons (Fsp3) is 0.250. The average molecular weight is 388 g/mol. The van der Waals surface area contributed by atoms with Crippen LogP contribution in [-0.2, 0) is 11.3 Å². The molecule has 19 heavy (non-hydrogen) atoms. The number of nitrogens with zero attached hydrogens (tertiary/aromatic N) is 3. The number of hydrogen-bond donors (Lipinski definition) is 1. The van der Waals surface area contributed by atoms with E-state index in [2.05, 4.69) is 47.3 Å². The minimum absolute atomic E-state index is 0.0826. The van der Waals surface area contributed by atoms with E-state index in [1.165, 1.54) is 0 Å². The number of aromatic nitrogens is 3. The van der Waals surface area contributed by atoms with Gasteiger partial charge in [0.1, 0.15) is 5.82 Å². The van der Waals surface area contributed by atoms with Crippen LogP contribution in [0.3, 0.4) is 0 Å². The average Bonchev–Trinajstić information content (AvgIpc) is 2.70. The van der Waals surface area contributed by atoms with Gasteiger partial charge < -0.3 is 5.32 Å². The number of carbonyl (C=O) groups is 1. The van der Waals surface area contributed by atoms with Crippen molar-refractivity contribution in [2.75, 3.05) is 5.32 Å². The minimum atomic E-state index is -0.0826.